The Kier molecular flexibility index (Phi) is 37.9. The molecule has 2 atom stereocenters. The van der Waals surface area contributed by atoms with Crippen LogP contribution in [0.15, 0.2) is 0 Å². The molecule has 0 aromatic carbocycles. The third-order valence-corrected chi connectivity index (χ3v) is 10.6. The number of esters is 3. The van der Waals surface area contributed by atoms with E-state index in [9.17, 15) is 14.4 Å². The van der Waals surface area contributed by atoms with Crippen molar-refractivity contribution in [3.8, 4) is 0 Å². The maximum atomic E-state index is 12.7. The first-order valence-electron chi connectivity index (χ1n) is 22.8. The van der Waals surface area contributed by atoms with Crippen molar-refractivity contribution >= 4 is 17.9 Å². The van der Waals surface area contributed by atoms with Crippen molar-refractivity contribution in [2.45, 2.75) is 253 Å². The molecule has 0 aromatic heterocycles. The Morgan fingerprint density at radius 1 is 0.404 bits per heavy atom. The summed E-state index contributed by atoms with van der Waals surface area (Å²) in [5.41, 5.74) is 0. The molecule has 52 heavy (non-hydrogen) atoms. The quantitative estimate of drug-likeness (QED) is 0.0354. The zero-order valence-electron chi connectivity index (χ0n) is 35.4. The Morgan fingerprint density at radius 3 is 1.10 bits per heavy atom. The van der Waals surface area contributed by atoms with Crippen LogP contribution in [0.4, 0.5) is 0 Å². The van der Waals surface area contributed by atoms with Crippen molar-refractivity contribution in [3.63, 3.8) is 0 Å². The molecule has 0 heterocycles. The number of rotatable bonds is 40. The second kappa shape index (κ2) is 39.1. The zero-order chi connectivity index (χ0) is 38.3. The van der Waals surface area contributed by atoms with Crippen LogP contribution in [0.25, 0.3) is 0 Å². The SMILES string of the molecule is CCCCCCCCCCCCCCC(=O)O[C@@H](COC(=O)CCCCCCCCCCC(C)CC)COC(=O)CCCCCCCCCC(C)C. The van der Waals surface area contributed by atoms with Crippen molar-refractivity contribution in [2.75, 3.05) is 13.2 Å². The molecule has 1 unspecified atom stereocenters. The van der Waals surface area contributed by atoms with Gasteiger partial charge in [-0.3, -0.25) is 14.4 Å². The monoisotopic (exact) mass is 737 g/mol. The average Bonchev–Trinajstić information content (AvgIpc) is 3.12. The number of ether oxygens (including phenoxy) is 3. The summed E-state index contributed by atoms with van der Waals surface area (Å²) in [6, 6.07) is 0. The van der Waals surface area contributed by atoms with E-state index in [0.29, 0.717) is 19.3 Å². The van der Waals surface area contributed by atoms with Gasteiger partial charge in [0, 0.05) is 19.3 Å². The molecule has 0 aliphatic rings. The largest absolute Gasteiger partial charge is 0.462 e. The summed E-state index contributed by atoms with van der Waals surface area (Å²) in [6.07, 6.45) is 36.6. The van der Waals surface area contributed by atoms with Crippen LogP contribution in [0.3, 0.4) is 0 Å². The van der Waals surface area contributed by atoms with Crippen LogP contribution in [-0.4, -0.2) is 37.2 Å². The lowest BCUT2D eigenvalue weighted by Gasteiger charge is -2.18. The summed E-state index contributed by atoms with van der Waals surface area (Å²) in [5, 5.41) is 0. The van der Waals surface area contributed by atoms with Crippen LogP contribution in [0.1, 0.15) is 247 Å². The maximum absolute atomic E-state index is 12.7. The van der Waals surface area contributed by atoms with E-state index in [0.717, 1.165) is 69.6 Å². The first-order valence-corrected chi connectivity index (χ1v) is 22.8. The third-order valence-electron chi connectivity index (χ3n) is 10.6. The van der Waals surface area contributed by atoms with Crippen molar-refractivity contribution in [3.05, 3.63) is 0 Å². The van der Waals surface area contributed by atoms with E-state index in [1.165, 1.54) is 135 Å². The smallest absolute Gasteiger partial charge is 0.306 e. The van der Waals surface area contributed by atoms with E-state index in [4.69, 9.17) is 14.2 Å². The summed E-state index contributed by atoms with van der Waals surface area (Å²) in [6.45, 7) is 11.3. The molecule has 6 nitrogen and oxygen atoms in total. The molecule has 0 N–H and O–H groups in total. The molecule has 6 heteroatoms. The van der Waals surface area contributed by atoms with Crippen LogP contribution in [-0.2, 0) is 28.6 Å². The topological polar surface area (TPSA) is 78.9 Å². The number of carbonyl (C=O) groups is 3. The molecule has 0 aliphatic heterocycles. The van der Waals surface area contributed by atoms with Crippen molar-refractivity contribution in [1.29, 1.82) is 0 Å². The van der Waals surface area contributed by atoms with Crippen LogP contribution < -0.4 is 0 Å². The summed E-state index contributed by atoms with van der Waals surface area (Å²) < 4.78 is 16.7. The molecule has 0 saturated carbocycles. The van der Waals surface area contributed by atoms with Crippen LogP contribution in [0, 0.1) is 11.8 Å². The Morgan fingerprint density at radius 2 is 0.731 bits per heavy atom. The number of hydrogen-bond donors (Lipinski definition) is 0. The summed E-state index contributed by atoms with van der Waals surface area (Å²) in [5.74, 6) is 0.768. The zero-order valence-corrected chi connectivity index (χ0v) is 35.4. The van der Waals surface area contributed by atoms with E-state index in [1.54, 1.807) is 0 Å². The first-order chi connectivity index (χ1) is 25.3. The first kappa shape index (κ1) is 50.4. The van der Waals surface area contributed by atoms with Gasteiger partial charge in [-0.25, -0.2) is 0 Å². The molecule has 0 bridgehead atoms. The minimum absolute atomic E-state index is 0.0657. The lowest BCUT2D eigenvalue weighted by atomic mass is 9.99. The van der Waals surface area contributed by atoms with Gasteiger partial charge in [-0.05, 0) is 31.1 Å². The molecule has 0 amide bonds. The average molecular weight is 737 g/mol. The predicted molar refractivity (Wildman–Crippen MR) is 220 cm³/mol. The molecule has 0 spiro atoms. The number of unbranched alkanes of at least 4 members (excludes halogenated alkanes) is 24. The Labute approximate surface area is 323 Å². The molecule has 0 rings (SSSR count). The standard InChI is InChI=1S/C46H88O6/c1-6-8-9-10-11-12-13-14-15-22-28-33-38-46(49)52-43(40-51-45(48)37-32-27-23-18-19-24-29-34-41(3)4)39-50-44(47)36-31-26-21-17-16-20-25-30-35-42(5)7-2/h41-43H,6-40H2,1-5H3/t42?,43-/m0/s1. The molecule has 0 fully saturated rings. The minimum Gasteiger partial charge on any atom is -0.462 e. The Balaban J connectivity index is 4.35. The van der Waals surface area contributed by atoms with E-state index in [2.05, 4.69) is 34.6 Å². The molecular formula is C46H88O6. The Hall–Kier alpha value is -1.59. The highest BCUT2D eigenvalue weighted by molar-refractivity contribution is 5.71. The highest BCUT2D eigenvalue weighted by atomic mass is 16.6. The van der Waals surface area contributed by atoms with Crippen molar-refractivity contribution in [2.24, 2.45) is 11.8 Å². The fraction of sp³-hybridized carbons (Fsp3) is 0.935. The lowest BCUT2D eigenvalue weighted by Crippen LogP contribution is -2.30. The second-order valence-electron chi connectivity index (χ2n) is 16.4. The maximum Gasteiger partial charge on any atom is 0.306 e. The summed E-state index contributed by atoms with van der Waals surface area (Å²) >= 11 is 0. The summed E-state index contributed by atoms with van der Waals surface area (Å²) in [4.78, 5) is 37.7. The van der Waals surface area contributed by atoms with Gasteiger partial charge in [0.2, 0.25) is 0 Å². The predicted octanol–water partition coefficient (Wildman–Crippen LogP) is 14.2. The van der Waals surface area contributed by atoms with Gasteiger partial charge in [0.25, 0.3) is 0 Å². The molecule has 0 aromatic rings. The fourth-order valence-corrected chi connectivity index (χ4v) is 6.72. The molecular weight excluding hydrogens is 648 g/mol. The molecule has 0 radical (unpaired) electrons. The molecule has 308 valence electrons. The van der Waals surface area contributed by atoms with E-state index >= 15 is 0 Å². The van der Waals surface area contributed by atoms with E-state index in [1.807, 2.05) is 0 Å². The van der Waals surface area contributed by atoms with Gasteiger partial charge in [0.05, 0.1) is 0 Å². The lowest BCUT2D eigenvalue weighted by molar-refractivity contribution is -0.167. The van der Waals surface area contributed by atoms with Gasteiger partial charge >= 0.3 is 17.9 Å². The van der Waals surface area contributed by atoms with Crippen molar-refractivity contribution in [1.82, 2.24) is 0 Å². The van der Waals surface area contributed by atoms with Gasteiger partial charge in [0.1, 0.15) is 13.2 Å². The van der Waals surface area contributed by atoms with E-state index in [-0.39, 0.29) is 31.1 Å². The van der Waals surface area contributed by atoms with Crippen LogP contribution in [0.5, 0.6) is 0 Å². The Bertz CT molecular complexity index is 796. The van der Waals surface area contributed by atoms with Crippen LogP contribution >= 0.6 is 0 Å². The van der Waals surface area contributed by atoms with Crippen molar-refractivity contribution < 1.29 is 28.6 Å². The number of hydrogen-bond acceptors (Lipinski definition) is 6. The van der Waals surface area contributed by atoms with E-state index < -0.39 is 6.10 Å². The third kappa shape index (κ3) is 38.1. The van der Waals surface area contributed by atoms with Gasteiger partial charge in [0.15, 0.2) is 6.10 Å². The van der Waals surface area contributed by atoms with Gasteiger partial charge in [-0.15, -0.1) is 0 Å². The summed E-state index contributed by atoms with van der Waals surface area (Å²) in [7, 11) is 0. The van der Waals surface area contributed by atoms with Gasteiger partial charge in [-0.1, -0.05) is 208 Å². The second-order valence-corrected chi connectivity index (χ2v) is 16.4. The highest BCUT2D eigenvalue weighted by Crippen LogP contribution is 2.17. The fourth-order valence-electron chi connectivity index (χ4n) is 6.72. The van der Waals surface area contributed by atoms with Gasteiger partial charge in [-0.2, -0.15) is 0 Å². The van der Waals surface area contributed by atoms with Crippen LogP contribution in [0.2, 0.25) is 0 Å². The van der Waals surface area contributed by atoms with Gasteiger partial charge < -0.3 is 14.2 Å². The highest BCUT2D eigenvalue weighted by Gasteiger charge is 2.19. The number of carbonyl (C=O) groups excluding carboxylic acids is 3. The normalized spacial score (nSPS) is 12.6. The molecule has 0 saturated heterocycles. The molecule has 0 aliphatic carbocycles. The minimum atomic E-state index is -0.760.